The largest absolute Gasteiger partial charge is 0.480 e. The molecule has 0 bridgehead atoms. The van der Waals surface area contributed by atoms with Crippen LogP contribution in [0.3, 0.4) is 0 Å². The van der Waals surface area contributed by atoms with Crippen molar-refractivity contribution in [1.29, 1.82) is 0 Å². The molecule has 1 fully saturated rings. The van der Waals surface area contributed by atoms with Crippen molar-refractivity contribution < 1.29 is 24.2 Å². The van der Waals surface area contributed by atoms with Crippen molar-refractivity contribution in [2.45, 2.75) is 25.5 Å². The summed E-state index contributed by atoms with van der Waals surface area (Å²) in [7, 11) is 1.49. The van der Waals surface area contributed by atoms with Gasteiger partial charge in [0.15, 0.2) is 5.78 Å². The zero-order chi connectivity index (χ0) is 14.9. The summed E-state index contributed by atoms with van der Waals surface area (Å²) in [4.78, 5) is 38.7. The van der Waals surface area contributed by atoms with Crippen LogP contribution in [-0.4, -0.2) is 58.5 Å². The number of Topliss-reactive ketones (excluding diaryl/α,β-unsaturated/α-hetero) is 1. The van der Waals surface area contributed by atoms with Crippen LogP contribution in [0.4, 0.5) is 0 Å². The lowest BCUT2D eigenvalue weighted by molar-refractivity contribution is -0.141. The molecule has 2 rings (SSSR count). The molecule has 0 radical (unpaired) electrons. The summed E-state index contributed by atoms with van der Waals surface area (Å²) in [6.07, 6.45) is 1.41. The van der Waals surface area contributed by atoms with Gasteiger partial charge in [0.25, 0.3) is 5.91 Å². The molecule has 7 heteroatoms. The van der Waals surface area contributed by atoms with Crippen LogP contribution in [0.5, 0.6) is 0 Å². The maximum Gasteiger partial charge on any atom is 0.326 e. The SMILES string of the molecule is COC1CC(C(=O)O)N(C(=O)c2cc(C(C)=O)c[nH]2)C1. The van der Waals surface area contributed by atoms with Gasteiger partial charge in [-0.2, -0.15) is 0 Å². The van der Waals surface area contributed by atoms with Crippen LogP contribution in [0.15, 0.2) is 12.3 Å². The molecule has 0 spiro atoms. The molecule has 1 aromatic heterocycles. The molecule has 1 saturated heterocycles. The highest BCUT2D eigenvalue weighted by molar-refractivity contribution is 6.00. The molecule has 2 heterocycles. The van der Waals surface area contributed by atoms with Gasteiger partial charge < -0.3 is 19.7 Å². The number of carboxylic acids is 1. The molecule has 20 heavy (non-hydrogen) atoms. The number of hydrogen-bond donors (Lipinski definition) is 2. The van der Waals surface area contributed by atoms with Crippen molar-refractivity contribution >= 4 is 17.7 Å². The predicted octanol–water partition coefficient (Wildman–Crippen LogP) is 0.531. The zero-order valence-corrected chi connectivity index (χ0v) is 11.3. The summed E-state index contributed by atoms with van der Waals surface area (Å²) in [5, 5.41) is 9.17. The number of amides is 1. The number of aliphatic carboxylic acids is 1. The van der Waals surface area contributed by atoms with Gasteiger partial charge in [-0.05, 0) is 13.0 Å². The molecular formula is C13H16N2O5. The number of carboxylic acid groups (broad SMARTS) is 1. The number of aromatic amines is 1. The lowest BCUT2D eigenvalue weighted by Gasteiger charge is -2.20. The minimum atomic E-state index is -1.06. The molecule has 0 aromatic carbocycles. The van der Waals surface area contributed by atoms with E-state index in [2.05, 4.69) is 4.98 Å². The first kappa shape index (κ1) is 14.3. The molecule has 0 saturated carbocycles. The third-order valence-electron chi connectivity index (χ3n) is 3.46. The van der Waals surface area contributed by atoms with E-state index in [0.717, 1.165) is 0 Å². The number of carbonyl (C=O) groups is 3. The van der Waals surface area contributed by atoms with Crippen LogP contribution < -0.4 is 0 Å². The maximum absolute atomic E-state index is 12.3. The van der Waals surface area contributed by atoms with E-state index in [1.165, 1.54) is 31.2 Å². The fourth-order valence-corrected chi connectivity index (χ4v) is 2.30. The van der Waals surface area contributed by atoms with Gasteiger partial charge in [0.1, 0.15) is 11.7 Å². The van der Waals surface area contributed by atoms with E-state index in [4.69, 9.17) is 4.74 Å². The summed E-state index contributed by atoms with van der Waals surface area (Å²) >= 11 is 0. The van der Waals surface area contributed by atoms with Gasteiger partial charge in [-0.15, -0.1) is 0 Å². The van der Waals surface area contributed by atoms with Gasteiger partial charge in [-0.25, -0.2) is 4.79 Å². The summed E-state index contributed by atoms with van der Waals surface area (Å²) < 4.78 is 5.13. The molecular weight excluding hydrogens is 264 g/mol. The summed E-state index contributed by atoms with van der Waals surface area (Å²) in [6, 6.07) is 0.528. The van der Waals surface area contributed by atoms with Crippen molar-refractivity contribution in [3.05, 3.63) is 23.5 Å². The average molecular weight is 280 g/mol. The Morgan fingerprint density at radius 2 is 2.15 bits per heavy atom. The predicted molar refractivity (Wildman–Crippen MR) is 68.7 cm³/mol. The van der Waals surface area contributed by atoms with E-state index < -0.39 is 17.9 Å². The number of hydrogen-bond acceptors (Lipinski definition) is 4. The summed E-state index contributed by atoms with van der Waals surface area (Å²) in [5.41, 5.74) is 0.598. The highest BCUT2D eigenvalue weighted by atomic mass is 16.5. The second-order valence-electron chi connectivity index (χ2n) is 4.76. The number of aromatic nitrogens is 1. The lowest BCUT2D eigenvalue weighted by Crippen LogP contribution is -2.40. The Balaban J connectivity index is 2.21. The molecule has 2 unspecified atom stereocenters. The first-order chi connectivity index (χ1) is 9.43. The number of ether oxygens (including phenoxy) is 1. The second-order valence-corrected chi connectivity index (χ2v) is 4.76. The van der Waals surface area contributed by atoms with Gasteiger partial charge >= 0.3 is 5.97 Å². The molecule has 2 N–H and O–H groups in total. The van der Waals surface area contributed by atoms with Gasteiger partial charge in [0, 0.05) is 31.8 Å². The summed E-state index contributed by atoms with van der Waals surface area (Å²) in [6.45, 7) is 1.62. The molecule has 2 atom stereocenters. The van der Waals surface area contributed by atoms with Crippen LogP contribution in [0.1, 0.15) is 34.2 Å². The Labute approximate surface area is 115 Å². The average Bonchev–Trinajstić information content (AvgIpc) is 3.04. The molecule has 1 aliphatic rings. The molecule has 1 aromatic rings. The van der Waals surface area contributed by atoms with E-state index in [1.807, 2.05) is 0 Å². The van der Waals surface area contributed by atoms with Gasteiger partial charge in [0.2, 0.25) is 0 Å². The third-order valence-corrected chi connectivity index (χ3v) is 3.46. The number of nitrogens with one attached hydrogen (secondary N) is 1. The number of carbonyl (C=O) groups excluding carboxylic acids is 2. The Kier molecular flexibility index (Phi) is 3.89. The maximum atomic E-state index is 12.3. The molecule has 0 aliphatic carbocycles. The quantitative estimate of drug-likeness (QED) is 0.784. The summed E-state index contributed by atoms with van der Waals surface area (Å²) in [5.74, 6) is -1.66. The standard InChI is InChI=1S/C13H16N2O5/c1-7(16)8-3-10(14-5-8)12(17)15-6-9(20-2)4-11(15)13(18)19/h3,5,9,11,14H,4,6H2,1-2H3,(H,18,19). The van der Waals surface area contributed by atoms with E-state index in [0.29, 0.717) is 5.56 Å². The van der Waals surface area contributed by atoms with Gasteiger partial charge in [-0.1, -0.05) is 0 Å². The lowest BCUT2D eigenvalue weighted by atomic mass is 10.2. The van der Waals surface area contributed by atoms with Crippen LogP contribution in [0.2, 0.25) is 0 Å². The molecule has 108 valence electrons. The van der Waals surface area contributed by atoms with E-state index in [-0.39, 0.29) is 30.5 Å². The molecule has 7 nitrogen and oxygen atoms in total. The number of rotatable bonds is 4. The number of methoxy groups -OCH3 is 1. The number of likely N-dealkylation sites (tertiary alicyclic amines) is 1. The van der Waals surface area contributed by atoms with Crippen molar-refractivity contribution in [3.63, 3.8) is 0 Å². The minimum absolute atomic E-state index is 0.161. The van der Waals surface area contributed by atoms with Crippen LogP contribution in [0, 0.1) is 0 Å². The van der Waals surface area contributed by atoms with Gasteiger partial charge in [0.05, 0.1) is 6.10 Å². The first-order valence-corrected chi connectivity index (χ1v) is 6.20. The normalized spacial score (nSPS) is 22.0. The third kappa shape index (κ3) is 2.57. The number of nitrogens with zero attached hydrogens (tertiary/aromatic N) is 1. The van der Waals surface area contributed by atoms with E-state index >= 15 is 0 Å². The Morgan fingerprint density at radius 1 is 1.45 bits per heavy atom. The van der Waals surface area contributed by atoms with Crippen molar-refractivity contribution in [3.8, 4) is 0 Å². The van der Waals surface area contributed by atoms with Crippen LogP contribution in [0.25, 0.3) is 0 Å². The Morgan fingerprint density at radius 3 is 2.65 bits per heavy atom. The number of H-pyrrole nitrogens is 1. The zero-order valence-electron chi connectivity index (χ0n) is 11.3. The van der Waals surface area contributed by atoms with E-state index in [1.54, 1.807) is 0 Å². The van der Waals surface area contributed by atoms with Crippen molar-refractivity contribution in [2.24, 2.45) is 0 Å². The highest BCUT2D eigenvalue weighted by Crippen LogP contribution is 2.22. The van der Waals surface area contributed by atoms with Crippen molar-refractivity contribution in [1.82, 2.24) is 9.88 Å². The number of ketones is 1. The van der Waals surface area contributed by atoms with Crippen LogP contribution >= 0.6 is 0 Å². The first-order valence-electron chi connectivity index (χ1n) is 6.20. The fourth-order valence-electron chi connectivity index (χ4n) is 2.30. The van der Waals surface area contributed by atoms with E-state index in [9.17, 15) is 19.5 Å². The smallest absolute Gasteiger partial charge is 0.326 e. The monoisotopic (exact) mass is 280 g/mol. The topological polar surface area (TPSA) is 99.7 Å². The van der Waals surface area contributed by atoms with Crippen molar-refractivity contribution in [2.75, 3.05) is 13.7 Å². The Hall–Kier alpha value is -2.15. The fraction of sp³-hybridized carbons (Fsp3) is 0.462. The van der Waals surface area contributed by atoms with Crippen LogP contribution in [-0.2, 0) is 9.53 Å². The molecule has 1 aliphatic heterocycles. The highest BCUT2D eigenvalue weighted by Gasteiger charge is 2.40. The van der Waals surface area contributed by atoms with Gasteiger partial charge in [-0.3, -0.25) is 9.59 Å². The molecule has 1 amide bonds. The minimum Gasteiger partial charge on any atom is -0.480 e. The second kappa shape index (κ2) is 5.46. The Bertz CT molecular complexity index is 551.